The predicted molar refractivity (Wildman–Crippen MR) is 150 cm³/mol. The van der Waals surface area contributed by atoms with E-state index in [1.807, 2.05) is 36.4 Å². The third-order valence-electron chi connectivity index (χ3n) is 7.53. The maximum Gasteiger partial charge on any atom is 0.258 e. The molecule has 2 N–H and O–H groups in total. The Balaban J connectivity index is 1.23. The number of likely N-dealkylation sites (tertiary alicyclic amines) is 1. The van der Waals surface area contributed by atoms with Crippen LogP contribution in [-0.4, -0.2) is 69.0 Å². The van der Waals surface area contributed by atoms with Crippen LogP contribution in [0.5, 0.6) is 5.75 Å². The number of piperidine rings is 1. The Morgan fingerprint density at radius 1 is 0.947 bits per heavy atom. The van der Waals surface area contributed by atoms with E-state index in [4.69, 9.17) is 4.74 Å². The van der Waals surface area contributed by atoms with Crippen molar-refractivity contribution in [3.8, 4) is 5.75 Å². The monoisotopic (exact) mass is 517 g/mol. The van der Waals surface area contributed by atoms with Gasteiger partial charge in [0, 0.05) is 39.1 Å². The number of hydrogen-bond acceptors (Lipinski definition) is 7. The molecule has 1 fully saturated rings. The van der Waals surface area contributed by atoms with Gasteiger partial charge in [-0.15, -0.1) is 0 Å². The summed E-state index contributed by atoms with van der Waals surface area (Å²) in [4.78, 5) is 33.2. The fraction of sp³-hybridized carbons (Fsp3) is 0.467. The average Bonchev–Trinajstić information content (AvgIpc) is 3.26. The van der Waals surface area contributed by atoms with Crippen molar-refractivity contribution in [1.29, 1.82) is 0 Å². The lowest BCUT2D eigenvalue weighted by Gasteiger charge is -2.31. The van der Waals surface area contributed by atoms with Crippen molar-refractivity contribution < 1.29 is 14.3 Å². The Hall–Kier alpha value is -3.36. The molecule has 5 rings (SSSR count). The van der Waals surface area contributed by atoms with Gasteiger partial charge in [0.25, 0.3) is 5.91 Å². The van der Waals surface area contributed by atoms with Gasteiger partial charge < -0.3 is 25.2 Å². The van der Waals surface area contributed by atoms with Gasteiger partial charge in [-0.1, -0.05) is 37.6 Å². The van der Waals surface area contributed by atoms with Crippen LogP contribution >= 0.6 is 0 Å². The Labute approximate surface area is 225 Å². The summed E-state index contributed by atoms with van der Waals surface area (Å²) in [7, 11) is 0. The first-order valence-corrected chi connectivity index (χ1v) is 14.0. The summed E-state index contributed by atoms with van der Waals surface area (Å²) in [5, 5.41) is 6.35. The number of para-hydroxylation sites is 2. The van der Waals surface area contributed by atoms with E-state index >= 15 is 0 Å². The molecule has 2 aromatic carbocycles. The van der Waals surface area contributed by atoms with Gasteiger partial charge in [-0.2, -0.15) is 0 Å². The largest absolute Gasteiger partial charge is 0.492 e. The molecule has 3 heterocycles. The average molecular weight is 518 g/mol. The van der Waals surface area contributed by atoms with Gasteiger partial charge in [-0.3, -0.25) is 14.5 Å². The Bertz CT molecular complexity index is 1160. The van der Waals surface area contributed by atoms with E-state index in [1.54, 1.807) is 0 Å². The van der Waals surface area contributed by atoms with Gasteiger partial charge in [0.1, 0.15) is 23.8 Å². The van der Waals surface area contributed by atoms with Gasteiger partial charge in [0.05, 0.1) is 11.4 Å². The number of anilines is 2. The molecule has 0 radical (unpaired) electrons. The molecular weight excluding hydrogens is 478 g/mol. The molecule has 1 amide bonds. The second kappa shape index (κ2) is 12.5. The van der Waals surface area contributed by atoms with Crippen molar-refractivity contribution in [2.75, 3.05) is 62.2 Å². The van der Waals surface area contributed by atoms with Crippen molar-refractivity contribution in [3.63, 3.8) is 0 Å². The molecular formula is C30H39N5O3. The quantitative estimate of drug-likeness (QED) is 0.350. The first-order valence-electron chi connectivity index (χ1n) is 14.0. The molecule has 0 unspecified atom stereocenters. The highest BCUT2D eigenvalue weighted by molar-refractivity contribution is 6.22. The number of nitrogens with one attached hydrogen (secondary N) is 2. The number of fused-ring (bicyclic) bond motifs is 3. The smallest absolute Gasteiger partial charge is 0.258 e. The highest BCUT2D eigenvalue weighted by Crippen LogP contribution is 2.44. The molecule has 202 valence electrons. The molecule has 3 aliphatic rings. The molecule has 0 aliphatic carbocycles. The molecule has 0 spiro atoms. The van der Waals surface area contributed by atoms with Crippen LogP contribution in [0.25, 0.3) is 0 Å². The summed E-state index contributed by atoms with van der Waals surface area (Å²) in [5.74, 6) is 1.11. The van der Waals surface area contributed by atoms with Gasteiger partial charge in [-0.25, -0.2) is 0 Å². The number of likely N-dealkylation sites (N-methyl/N-ethyl adjacent to an activating group) is 1. The van der Waals surface area contributed by atoms with E-state index in [2.05, 4.69) is 44.4 Å². The number of carbonyl (C=O) groups is 2. The van der Waals surface area contributed by atoms with Crippen LogP contribution < -0.4 is 25.2 Å². The number of carbonyl (C=O) groups excluding carboxylic acids is 2. The summed E-state index contributed by atoms with van der Waals surface area (Å²) < 4.78 is 5.93. The number of Topliss-reactive ketones (excluding diaryl/α,β-unsaturated/α-hetero) is 1. The van der Waals surface area contributed by atoms with Gasteiger partial charge in [0.15, 0.2) is 5.78 Å². The summed E-state index contributed by atoms with van der Waals surface area (Å²) in [6.45, 7) is 9.28. The number of ether oxygens (including phenoxy) is 1. The van der Waals surface area contributed by atoms with Crippen molar-refractivity contribution >= 4 is 23.1 Å². The number of nitrogens with zero attached hydrogens (tertiary/aromatic N) is 3. The van der Waals surface area contributed by atoms with E-state index in [0.29, 0.717) is 38.5 Å². The first-order chi connectivity index (χ1) is 18.7. The standard InChI is InChI=1S/C30H39N5O3/c1-2-31-15-19-35-26-9-5-4-8-25(26)34-18-14-27(36)28(30(34)35)29(37)32-22-23-10-12-24(13-11-23)38-21-20-33-16-6-3-7-17-33/h4-5,8-13,31H,2-3,6-7,14-22H2,1H3,(H,32,37). The summed E-state index contributed by atoms with van der Waals surface area (Å²) in [5.41, 5.74) is 3.30. The zero-order chi connectivity index (χ0) is 26.3. The zero-order valence-corrected chi connectivity index (χ0v) is 22.4. The van der Waals surface area contributed by atoms with Crippen LogP contribution in [0.2, 0.25) is 0 Å². The molecule has 8 heteroatoms. The molecule has 0 saturated carbocycles. The number of benzene rings is 2. The van der Waals surface area contributed by atoms with E-state index in [9.17, 15) is 9.59 Å². The van der Waals surface area contributed by atoms with Crippen LogP contribution in [0, 0.1) is 0 Å². The van der Waals surface area contributed by atoms with Crippen molar-refractivity contribution in [3.05, 3.63) is 65.5 Å². The number of hydrogen-bond donors (Lipinski definition) is 2. The molecule has 38 heavy (non-hydrogen) atoms. The third-order valence-corrected chi connectivity index (χ3v) is 7.53. The summed E-state index contributed by atoms with van der Waals surface area (Å²) in [6, 6.07) is 16.0. The Morgan fingerprint density at radius 3 is 2.47 bits per heavy atom. The van der Waals surface area contributed by atoms with Crippen molar-refractivity contribution in [2.45, 2.75) is 39.2 Å². The van der Waals surface area contributed by atoms with Crippen molar-refractivity contribution in [1.82, 2.24) is 15.5 Å². The zero-order valence-electron chi connectivity index (χ0n) is 22.4. The molecule has 2 aromatic rings. The normalized spacial score (nSPS) is 17.4. The van der Waals surface area contributed by atoms with Crippen LogP contribution in [0.1, 0.15) is 38.2 Å². The van der Waals surface area contributed by atoms with Gasteiger partial charge in [0.2, 0.25) is 0 Å². The number of rotatable bonds is 11. The maximum atomic E-state index is 13.4. The highest BCUT2D eigenvalue weighted by Gasteiger charge is 2.40. The number of amides is 1. The van der Waals surface area contributed by atoms with Crippen LogP contribution in [-0.2, 0) is 16.1 Å². The van der Waals surface area contributed by atoms with E-state index < -0.39 is 0 Å². The summed E-state index contributed by atoms with van der Waals surface area (Å²) >= 11 is 0. The molecule has 0 bridgehead atoms. The lowest BCUT2D eigenvalue weighted by Crippen LogP contribution is -2.43. The SMILES string of the molecule is CCNCCN1C2=C(C(=O)NCc3ccc(OCCN4CCCCC4)cc3)C(=O)CCN2c2ccccc21. The van der Waals surface area contributed by atoms with E-state index in [0.717, 1.165) is 42.3 Å². The Morgan fingerprint density at radius 2 is 1.71 bits per heavy atom. The molecule has 1 saturated heterocycles. The van der Waals surface area contributed by atoms with Crippen LogP contribution in [0.3, 0.4) is 0 Å². The minimum Gasteiger partial charge on any atom is -0.492 e. The first kappa shape index (κ1) is 26.3. The van der Waals surface area contributed by atoms with E-state index in [1.165, 1.54) is 32.4 Å². The topological polar surface area (TPSA) is 77.2 Å². The number of ketones is 1. The van der Waals surface area contributed by atoms with Crippen molar-refractivity contribution in [2.24, 2.45) is 0 Å². The van der Waals surface area contributed by atoms with Gasteiger partial charge >= 0.3 is 0 Å². The molecule has 3 aliphatic heterocycles. The van der Waals surface area contributed by atoms with Crippen LogP contribution in [0.15, 0.2) is 59.9 Å². The second-order valence-corrected chi connectivity index (χ2v) is 10.1. The molecule has 0 atom stereocenters. The minimum absolute atomic E-state index is 0.104. The molecule has 8 nitrogen and oxygen atoms in total. The predicted octanol–water partition coefficient (Wildman–Crippen LogP) is 3.29. The second-order valence-electron chi connectivity index (χ2n) is 10.1. The lowest BCUT2D eigenvalue weighted by atomic mass is 10.0. The third kappa shape index (κ3) is 5.87. The van der Waals surface area contributed by atoms with Gasteiger partial charge in [-0.05, 0) is 62.3 Å². The fourth-order valence-electron chi connectivity index (χ4n) is 5.53. The lowest BCUT2D eigenvalue weighted by molar-refractivity contribution is -0.123. The Kier molecular flexibility index (Phi) is 8.61. The maximum absolute atomic E-state index is 13.4. The fourth-order valence-corrected chi connectivity index (χ4v) is 5.53. The van der Waals surface area contributed by atoms with E-state index in [-0.39, 0.29) is 17.3 Å². The highest BCUT2D eigenvalue weighted by atomic mass is 16.5. The minimum atomic E-state index is -0.321. The summed E-state index contributed by atoms with van der Waals surface area (Å²) in [6.07, 6.45) is 4.22. The molecule has 0 aromatic heterocycles. The van der Waals surface area contributed by atoms with Crippen LogP contribution in [0.4, 0.5) is 11.4 Å².